The van der Waals surface area contributed by atoms with E-state index in [1.54, 1.807) is 6.92 Å². The van der Waals surface area contributed by atoms with E-state index < -0.39 is 23.7 Å². The number of hydrogen-bond acceptors (Lipinski definition) is 4. The normalized spacial score (nSPS) is 12.0. The van der Waals surface area contributed by atoms with Crippen LogP contribution in [0.1, 0.15) is 38.8 Å². The maximum atomic E-state index is 12.9. The smallest absolute Gasteiger partial charge is 0.355 e. The number of thiazole rings is 1. The standard InChI is InChI=1S/C13H10ClFN2O3S/c1-6(12-17-10(5-21-12)13(19)20)16-11(18)8-3-2-7(15)4-9(8)14/h2-6H,1H3,(H,16,18)(H,19,20). The average Bonchev–Trinajstić information content (AvgIpc) is 2.88. The average molecular weight is 329 g/mol. The van der Waals surface area contributed by atoms with Crippen molar-refractivity contribution in [3.63, 3.8) is 0 Å². The predicted octanol–water partition coefficient (Wildman–Crippen LogP) is 3.12. The summed E-state index contributed by atoms with van der Waals surface area (Å²) >= 11 is 6.94. The van der Waals surface area contributed by atoms with E-state index in [1.807, 2.05) is 0 Å². The SMILES string of the molecule is CC(NC(=O)c1ccc(F)cc1Cl)c1nc(C(=O)O)cs1. The molecule has 1 aromatic carbocycles. The number of hydrogen-bond donors (Lipinski definition) is 2. The maximum absolute atomic E-state index is 12.9. The molecule has 1 atom stereocenters. The number of nitrogens with one attached hydrogen (secondary N) is 1. The molecule has 1 unspecified atom stereocenters. The summed E-state index contributed by atoms with van der Waals surface area (Å²) in [5, 5.41) is 13.3. The third-order valence-electron chi connectivity index (χ3n) is 2.63. The van der Waals surface area contributed by atoms with Gasteiger partial charge >= 0.3 is 5.97 Å². The number of carboxylic acids is 1. The molecule has 1 aromatic heterocycles. The number of aromatic nitrogens is 1. The van der Waals surface area contributed by atoms with Crippen LogP contribution in [0, 0.1) is 5.82 Å². The Bertz CT molecular complexity index is 704. The topological polar surface area (TPSA) is 79.3 Å². The van der Waals surface area contributed by atoms with Crippen molar-refractivity contribution in [1.29, 1.82) is 0 Å². The third kappa shape index (κ3) is 3.56. The van der Waals surface area contributed by atoms with Crippen molar-refractivity contribution in [2.24, 2.45) is 0 Å². The number of rotatable bonds is 4. The molecule has 110 valence electrons. The molecule has 1 heterocycles. The van der Waals surface area contributed by atoms with Crippen LogP contribution in [0.4, 0.5) is 4.39 Å². The van der Waals surface area contributed by atoms with Crippen LogP contribution in [0.5, 0.6) is 0 Å². The van der Waals surface area contributed by atoms with Gasteiger partial charge < -0.3 is 10.4 Å². The second kappa shape index (κ2) is 6.19. The number of halogens is 2. The number of carbonyl (C=O) groups is 2. The van der Waals surface area contributed by atoms with E-state index >= 15 is 0 Å². The zero-order valence-corrected chi connectivity index (χ0v) is 12.3. The molecule has 0 aliphatic rings. The van der Waals surface area contributed by atoms with Crippen molar-refractivity contribution in [3.8, 4) is 0 Å². The van der Waals surface area contributed by atoms with E-state index in [2.05, 4.69) is 10.3 Å². The van der Waals surface area contributed by atoms with E-state index in [4.69, 9.17) is 16.7 Å². The quantitative estimate of drug-likeness (QED) is 0.903. The number of carboxylic acid groups (broad SMARTS) is 1. The van der Waals surface area contributed by atoms with Gasteiger partial charge in [0.1, 0.15) is 10.8 Å². The Morgan fingerprint density at radius 3 is 2.76 bits per heavy atom. The predicted molar refractivity (Wildman–Crippen MR) is 76.4 cm³/mol. The molecule has 2 aromatic rings. The summed E-state index contributed by atoms with van der Waals surface area (Å²) in [6.07, 6.45) is 0. The minimum Gasteiger partial charge on any atom is -0.476 e. The fourth-order valence-electron chi connectivity index (χ4n) is 1.59. The molecule has 0 bridgehead atoms. The number of nitrogens with zero attached hydrogens (tertiary/aromatic N) is 1. The highest BCUT2D eigenvalue weighted by atomic mass is 35.5. The first kappa shape index (κ1) is 15.4. The molecule has 0 fully saturated rings. The molecule has 2 N–H and O–H groups in total. The van der Waals surface area contributed by atoms with Crippen molar-refractivity contribution in [2.75, 3.05) is 0 Å². The lowest BCUT2D eigenvalue weighted by Gasteiger charge is -2.12. The molecule has 0 saturated heterocycles. The second-order valence-electron chi connectivity index (χ2n) is 4.20. The molecule has 0 aliphatic heterocycles. The van der Waals surface area contributed by atoms with Crippen LogP contribution in [0.15, 0.2) is 23.6 Å². The third-order valence-corrected chi connectivity index (χ3v) is 3.98. The van der Waals surface area contributed by atoms with Crippen LogP contribution in [-0.4, -0.2) is 22.0 Å². The Balaban J connectivity index is 2.12. The lowest BCUT2D eigenvalue weighted by molar-refractivity contribution is 0.0691. The van der Waals surface area contributed by atoms with Gasteiger partial charge in [0.15, 0.2) is 5.69 Å². The van der Waals surface area contributed by atoms with E-state index in [9.17, 15) is 14.0 Å². The first-order chi connectivity index (χ1) is 9.88. The van der Waals surface area contributed by atoms with Gasteiger partial charge in [0.25, 0.3) is 5.91 Å². The molecular weight excluding hydrogens is 319 g/mol. The van der Waals surface area contributed by atoms with Crippen molar-refractivity contribution < 1.29 is 19.1 Å². The molecule has 0 saturated carbocycles. The second-order valence-corrected chi connectivity index (χ2v) is 5.49. The summed E-state index contributed by atoms with van der Waals surface area (Å²) in [5.74, 6) is -2.15. The van der Waals surface area contributed by atoms with Crippen LogP contribution < -0.4 is 5.32 Å². The largest absolute Gasteiger partial charge is 0.476 e. The molecule has 21 heavy (non-hydrogen) atoms. The molecule has 8 heteroatoms. The van der Waals surface area contributed by atoms with Gasteiger partial charge in [-0.25, -0.2) is 14.2 Å². The van der Waals surface area contributed by atoms with Gasteiger partial charge in [-0.3, -0.25) is 4.79 Å². The van der Waals surface area contributed by atoms with Gasteiger partial charge in [-0.15, -0.1) is 11.3 Å². The van der Waals surface area contributed by atoms with Gasteiger partial charge in [0, 0.05) is 5.38 Å². The highest BCUT2D eigenvalue weighted by Gasteiger charge is 2.18. The fourth-order valence-corrected chi connectivity index (χ4v) is 2.65. The number of amides is 1. The van der Waals surface area contributed by atoms with E-state index in [-0.39, 0.29) is 16.3 Å². The minimum atomic E-state index is -1.13. The van der Waals surface area contributed by atoms with Crippen LogP contribution in [0.2, 0.25) is 5.02 Å². The Morgan fingerprint density at radius 2 is 2.19 bits per heavy atom. The van der Waals surface area contributed by atoms with Crippen LogP contribution >= 0.6 is 22.9 Å². The lowest BCUT2D eigenvalue weighted by atomic mass is 10.2. The van der Waals surface area contributed by atoms with Gasteiger partial charge in [-0.05, 0) is 25.1 Å². The first-order valence-electron chi connectivity index (χ1n) is 5.83. The Kier molecular flexibility index (Phi) is 4.54. The monoisotopic (exact) mass is 328 g/mol. The van der Waals surface area contributed by atoms with Crippen LogP contribution in [0.25, 0.3) is 0 Å². The zero-order valence-electron chi connectivity index (χ0n) is 10.8. The van der Waals surface area contributed by atoms with Gasteiger partial charge in [-0.2, -0.15) is 0 Å². The first-order valence-corrected chi connectivity index (χ1v) is 7.09. The van der Waals surface area contributed by atoms with Gasteiger partial charge in [0.2, 0.25) is 0 Å². The van der Waals surface area contributed by atoms with E-state index in [0.29, 0.717) is 5.01 Å². The Hall–Kier alpha value is -1.99. The highest BCUT2D eigenvalue weighted by molar-refractivity contribution is 7.09. The summed E-state index contributed by atoms with van der Waals surface area (Å²) in [4.78, 5) is 26.7. The summed E-state index contributed by atoms with van der Waals surface area (Å²) in [6, 6.07) is 2.98. The number of benzene rings is 1. The van der Waals surface area contributed by atoms with Crippen LogP contribution in [-0.2, 0) is 0 Å². The van der Waals surface area contributed by atoms with E-state index in [0.717, 1.165) is 23.5 Å². The summed E-state index contributed by atoms with van der Waals surface area (Å²) in [7, 11) is 0. The molecule has 2 rings (SSSR count). The zero-order chi connectivity index (χ0) is 15.6. The molecule has 1 amide bonds. The molecule has 0 spiro atoms. The minimum absolute atomic E-state index is 0.00469. The number of aromatic carboxylic acids is 1. The Morgan fingerprint density at radius 1 is 1.48 bits per heavy atom. The van der Waals surface area contributed by atoms with Crippen LogP contribution in [0.3, 0.4) is 0 Å². The van der Waals surface area contributed by atoms with Crippen molar-refractivity contribution in [3.05, 3.63) is 50.7 Å². The summed E-state index contributed by atoms with van der Waals surface area (Å²) in [5.41, 5.74) is 0.0656. The van der Waals surface area contributed by atoms with E-state index in [1.165, 1.54) is 11.4 Å². The van der Waals surface area contributed by atoms with Gasteiger partial charge in [-0.1, -0.05) is 11.6 Å². The van der Waals surface area contributed by atoms with Gasteiger partial charge in [0.05, 0.1) is 16.6 Å². The summed E-state index contributed by atoms with van der Waals surface area (Å²) in [6.45, 7) is 1.67. The summed E-state index contributed by atoms with van der Waals surface area (Å²) < 4.78 is 12.9. The van der Waals surface area contributed by atoms with Crippen molar-refractivity contribution >= 4 is 34.8 Å². The highest BCUT2D eigenvalue weighted by Crippen LogP contribution is 2.21. The maximum Gasteiger partial charge on any atom is 0.355 e. The molecule has 0 aliphatic carbocycles. The van der Waals surface area contributed by atoms with Crippen molar-refractivity contribution in [2.45, 2.75) is 13.0 Å². The number of carbonyl (C=O) groups excluding carboxylic acids is 1. The lowest BCUT2D eigenvalue weighted by Crippen LogP contribution is -2.27. The Labute approximate surface area is 128 Å². The van der Waals surface area contributed by atoms with Crippen molar-refractivity contribution in [1.82, 2.24) is 10.3 Å². The molecule has 5 nitrogen and oxygen atoms in total. The molecular formula is C13H10ClFN2O3S. The fraction of sp³-hybridized carbons (Fsp3) is 0.154. The molecule has 0 radical (unpaired) electrons.